The van der Waals surface area contributed by atoms with Gasteiger partial charge in [0.1, 0.15) is 0 Å². The molecule has 2 aromatic rings. The van der Waals surface area contributed by atoms with Crippen molar-refractivity contribution < 1.29 is 0 Å². The van der Waals surface area contributed by atoms with Crippen LogP contribution in [-0.4, -0.2) is 11.5 Å². The minimum atomic E-state index is 0.513. The molecule has 2 heteroatoms. The summed E-state index contributed by atoms with van der Waals surface area (Å²) in [6.45, 7) is 5.68. The zero-order chi connectivity index (χ0) is 13.2. The molecule has 1 saturated carbocycles. The molecule has 1 aliphatic carbocycles. The topological polar surface area (TPSA) is 24.9 Å². The van der Waals surface area contributed by atoms with Crippen molar-refractivity contribution in [2.24, 2.45) is 11.8 Å². The Morgan fingerprint density at radius 3 is 2.95 bits per heavy atom. The van der Waals surface area contributed by atoms with Gasteiger partial charge >= 0.3 is 0 Å². The average Bonchev–Trinajstić information content (AvgIpc) is 3.16. The van der Waals surface area contributed by atoms with Gasteiger partial charge in [-0.3, -0.25) is 4.98 Å². The van der Waals surface area contributed by atoms with E-state index in [2.05, 4.69) is 48.4 Å². The van der Waals surface area contributed by atoms with Gasteiger partial charge in [0.25, 0.3) is 0 Å². The Labute approximate surface area is 115 Å². The molecule has 1 aliphatic rings. The van der Waals surface area contributed by atoms with Crippen molar-refractivity contribution >= 4 is 10.9 Å². The summed E-state index contributed by atoms with van der Waals surface area (Å²) in [5, 5.41) is 4.97. The first-order valence-corrected chi connectivity index (χ1v) is 7.37. The van der Waals surface area contributed by atoms with Gasteiger partial charge < -0.3 is 5.32 Å². The number of benzene rings is 1. The molecule has 0 saturated heterocycles. The summed E-state index contributed by atoms with van der Waals surface area (Å²) in [4.78, 5) is 4.40. The molecule has 0 aliphatic heterocycles. The minimum absolute atomic E-state index is 0.513. The lowest BCUT2D eigenvalue weighted by atomic mass is 9.99. The number of nitrogens with one attached hydrogen (secondary N) is 1. The molecule has 3 rings (SSSR count). The Hall–Kier alpha value is -1.41. The van der Waals surface area contributed by atoms with E-state index < -0.39 is 0 Å². The van der Waals surface area contributed by atoms with Crippen LogP contribution in [0.15, 0.2) is 36.5 Å². The molecule has 0 spiro atoms. The lowest BCUT2D eigenvalue weighted by Gasteiger charge is -2.19. The van der Waals surface area contributed by atoms with Crippen molar-refractivity contribution in [3.8, 4) is 0 Å². The molecule has 0 radical (unpaired) electrons. The summed E-state index contributed by atoms with van der Waals surface area (Å²) in [5.74, 6) is 1.67. The maximum Gasteiger partial charge on any atom is 0.0702 e. The van der Waals surface area contributed by atoms with E-state index in [-0.39, 0.29) is 0 Å². The second kappa shape index (κ2) is 5.30. The van der Waals surface area contributed by atoms with Gasteiger partial charge in [0.05, 0.1) is 5.52 Å². The Bertz CT molecular complexity index is 564. The molecule has 100 valence electrons. The highest BCUT2D eigenvalue weighted by Gasteiger charge is 2.39. The first kappa shape index (κ1) is 12.6. The van der Waals surface area contributed by atoms with Gasteiger partial charge in [-0.25, -0.2) is 0 Å². The third kappa shape index (κ3) is 2.64. The van der Waals surface area contributed by atoms with E-state index in [0.29, 0.717) is 6.04 Å². The van der Waals surface area contributed by atoms with Crippen LogP contribution in [0.4, 0.5) is 0 Å². The predicted molar refractivity (Wildman–Crippen MR) is 80.0 cm³/mol. The van der Waals surface area contributed by atoms with E-state index in [1.165, 1.54) is 23.8 Å². The second-order valence-corrected chi connectivity index (χ2v) is 5.76. The highest BCUT2D eigenvalue weighted by molar-refractivity contribution is 5.79. The van der Waals surface area contributed by atoms with Gasteiger partial charge in [-0.2, -0.15) is 0 Å². The quantitative estimate of drug-likeness (QED) is 0.874. The molecule has 3 atom stereocenters. The van der Waals surface area contributed by atoms with Crippen LogP contribution in [0.2, 0.25) is 0 Å². The summed E-state index contributed by atoms with van der Waals surface area (Å²) < 4.78 is 0. The van der Waals surface area contributed by atoms with E-state index in [1.807, 2.05) is 12.3 Å². The molecule has 1 aromatic carbocycles. The van der Waals surface area contributed by atoms with Gasteiger partial charge in [-0.05, 0) is 55.0 Å². The third-order valence-corrected chi connectivity index (χ3v) is 4.20. The number of hydrogen-bond donors (Lipinski definition) is 1. The van der Waals surface area contributed by atoms with E-state index in [9.17, 15) is 0 Å². The standard InChI is InChI=1S/C17H22N2/c1-3-8-19-17(15-10-12(15)2)14-6-7-16-13(11-14)5-4-9-18-16/h4-7,9,11-12,15,17,19H,3,8,10H2,1-2H3. The maximum absolute atomic E-state index is 4.40. The van der Waals surface area contributed by atoms with Crippen LogP contribution >= 0.6 is 0 Å². The van der Waals surface area contributed by atoms with Crippen LogP contribution in [0.3, 0.4) is 0 Å². The Kier molecular flexibility index (Phi) is 3.52. The highest BCUT2D eigenvalue weighted by atomic mass is 14.9. The van der Waals surface area contributed by atoms with Crippen molar-refractivity contribution in [1.29, 1.82) is 0 Å². The third-order valence-electron chi connectivity index (χ3n) is 4.20. The van der Waals surface area contributed by atoms with Gasteiger partial charge in [-0.1, -0.05) is 26.0 Å². The zero-order valence-corrected chi connectivity index (χ0v) is 11.8. The predicted octanol–water partition coefficient (Wildman–Crippen LogP) is 3.93. The number of hydrogen-bond acceptors (Lipinski definition) is 2. The lowest BCUT2D eigenvalue weighted by molar-refractivity contribution is 0.463. The molecule has 0 amide bonds. The molecular weight excluding hydrogens is 232 g/mol. The van der Waals surface area contributed by atoms with E-state index in [4.69, 9.17) is 0 Å². The van der Waals surface area contributed by atoms with Crippen LogP contribution in [0.1, 0.15) is 38.3 Å². The van der Waals surface area contributed by atoms with Gasteiger partial charge in [0.15, 0.2) is 0 Å². The van der Waals surface area contributed by atoms with Crippen molar-refractivity contribution in [2.75, 3.05) is 6.54 Å². The van der Waals surface area contributed by atoms with E-state index in [1.54, 1.807) is 0 Å². The van der Waals surface area contributed by atoms with Crippen molar-refractivity contribution in [3.05, 3.63) is 42.1 Å². The number of aromatic nitrogens is 1. The van der Waals surface area contributed by atoms with Crippen molar-refractivity contribution in [2.45, 2.75) is 32.7 Å². The fourth-order valence-electron chi connectivity index (χ4n) is 2.92. The van der Waals surface area contributed by atoms with Crippen LogP contribution < -0.4 is 5.32 Å². The van der Waals surface area contributed by atoms with E-state index in [0.717, 1.165) is 23.9 Å². The minimum Gasteiger partial charge on any atom is -0.310 e. The zero-order valence-electron chi connectivity index (χ0n) is 11.8. The lowest BCUT2D eigenvalue weighted by Crippen LogP contribution is -2.24. The molecule has 1 N–H and O–H groups in total. The Morgan fingerprint density at radius 2 is 2.21 bits per heavy atom. The number of pyridine rings is 1. The molecule has 2 nitrogen and oxygen atoms in total. The number of rotatable bonds is 5. The maximum atomic E-state index is 4.40. The normalized spacial score (nSPS) is 23.5. The number of nitrogens with zero attached hydrogens (tertiary/aromatic N) is 1. The molecule has 1 aromatic heterocycles. The molecule has 1 fully saturated rings. The largest absolute Gasteiger partial charge is 0.310 e. The molecule has 19 heavy (non-hydrogen) atoms. The first-order valence-electron chi connectivity index (χ1n) is 7.37. The van der Waals surface area contributed by atoms with Gasteiger partial charge in [0.2, 0.25) is 0 Å². The number of fused-ring (bicyclic) bond motifs is 1. The summed E-state index contributed by atoms with van der Waals surface area (Å²) in [6.07, 6.45) is 4.40. The fourth-order valence-corrected chi connectivity index (χ4v) is 2.92. The first-order chi connectivity index (χ1) is 9.29. The summed E-state index contributed by atoms with van der Waals surface area (Å²) in [6, 6.07) is 11.4. The molecule has 3 unspecified atom stereocenters. The van der Waals surface area contributed by atoms with Crippen molar-refractivity contribution in [1.82, 2.24) is 10.3 Å². The van der Waals surface area contributed by atoms with Gasteiger partial charge in [0, 0.05) is 17.6 Å². The SMILES string of the molecule is CCCNC(c1ccc2ncccc2c1)C1CC1C. The van der Waals surface area contributed by atoms with Crippen LogP contribution in [0, 0.1) is 11.8 Å². The van der Waals surface area contributed by atoms with Crippen LogP contribution in [0.25, 0.3) is 10.9 Å². The monoisotopic (exact) mass is 254 g/mol. The average molecular weight is 254 g/mol. The second-order valence-electron chi connectivity index (χ2n) is 5.76. The summed E-state index contributed by atoms with van der Waals surface area (Å²) >= 11 is 0. The molecule has 0 bridgehead atoms. The van der Waals surface area contributed by atoms with Gasteiger partial charge in [-0.15, -0.1) is 0 Å². The summed E-state index contributed by atoms with van der Waals surface area (Å²) in [7, 11) is 0. The van der Waals surface area contributed by atoms with Crippen LogP contribution in [0.5, 0.6) is 0 Å². The Balaban J connectivity index is 1.90. The van der Waals surface area contributed by atoms with E-state index >= 15 is 0 Å². The van der Waals surface area contributed by atoms with Crippen molar-refractivity contribution in [3.63, 3.8) is 0 Å². The fraction of sp³-hybridized carbons (Fsp3) is 0.471. The summed E-state index contributed by atoms with van der Waals surface area (Å²) in [5.41, 5.74) is 2.51. The molecule has 1 heterocycles. The smallest absolute Gasteiger partial charge is 0.0702 e. The highest BCUT2D eigenvalue weighted by Crippen LogP contribution is 2.47. The van der Waals surface area contributed by atoms with Crippen LogP contribution in [-0.2, 0) is 0 Å². The molecular formula is C17H22N2. The Morgan fingerprint density at radius 1 is 1.37 bits per heavy atom.